The van der Waals surface area contributed by atoms with Gasteiger partial charge in [0.25, 0.3) is 0 Å². The summed E-state index contributed by atoms with van der Waals surface area (Å²) in [5, 5.41) is 15.3. The summed E-state index contributed by atoms with van der Waals surface area (Å²) in [6.07, 6.45) is 0.745. The van der Waals surface area contributed by atoms with E-state index in [-0.39, 0.29) is 12.2 Å². The van der Waals surface area contributed by atoms with Crippen molar-refractivity contribution in [3.63, 3.8) is 0 Å². The average molecular weight is 370 g/mol. The predicted octanol–water partition coefficient (Wildman–Crippen LogP) is 4.30. The molecule has 2 atom stereocenters. The van der Waals surface area contributed by atoms with Gasteiger partial charge in [0.1, 0.15) is 11.8 Å². The normalized spacial score (nSPS) is 20.3. The Morgan fingerprint density at radius 3 is 2.56 bits per heavy atom. The van der Waals surface area contributed by atoms with Crippen LogP contribution >= 0.6 is 22.9 Å². The van der Waals surface area contributed by atoms with E-state index in [1.165, 1.54) is 4.88 Å². The highest BCUT2D eigenvalue weighted by Crippen LogP contribution is 2.30. The quantitative estimate of drug-likeness (QED) is 0.710. The third-order valence-corrected chi connectivity index (χ3v) is 5.65. The van der Waals surface area contributed by atoms with E-state index in [0.717, 1.165) is 28.3 Å². The van der Waals surface area contributed by atoms with Crippen LogP contribution in [0.5, 0.6) is 5.75 Å². The van der Waals surface area contributed by atoms with Crippen LogP contribution in [0.4, 0.5) is 0 Å². The molecule has 3 aromatic rings. The van der Waals surface area contributed by atoms with Crippen LogP contribution < -0.4 is 5.32 Å². The van der Waals surface area contributed by atoms with Gasteiger partial charge in [0, 0.05) is 21.9 Å². The number of phenolic OH excluding ortho intramolecular Hbond substituents is 1. The molecule has 25 heavy (non-hydrogen) atoms. The second-order valence-electron chi connectivity index (χ2n) is 6.11. The van der Waals surface area contributed by atoms with E-state index in [4.69, 9.17) is 16.6 Å². The van der Waals surface area contributed by atoms with Gasteiger partial charge < -0.3 is 10.4 Å². The Balaban J connectivity index is 1.74. The van der Waals surface area contributed by atoms with Gasteiger partial charge in [0.05, 0.1) is 11.3 Å². The highest BCUT2D eigenvalue weighted by Gasteiger charge is 2.31. The van der Waals surface area contributed by atoms with Gasteiger partial charge in [-0.05, 0) is 47.8 Å². The lowest BCUT2D eigenvalue weighted by molar-refractivity contribution is -0.735. The summed E-state index contributed by atoms with van der Waals surface area (Å²) in [6, 6.07) is 19.7. The van der Waals surface area contributed by atoms with Crippen molar-refractivity contribution in [1.29, 1.82) is 0 Å². The number of thiophene rings is 1. The fourth-order valence-electron chi connectivity index (χ4n) is 3.23. The molecule has 3 N–H and O–H groups in total. The molecule has 4 rings (SSSR count). The zero-order chi connectivity index (χ0) is 17.2. The van der Waals surface area contributed by atoms with Crippen LogP contribution in [-0.2, 0) is 0 Å². The van der Waals surface area contributed by atoms with E-state index in [9.17, 15) is 5.11 Å². The molecule has 0 spiro atoms. The molecule has 0 radical (unpaired) electrons. The van der Waals surface area contributed by atoms with Crippen molar-refractivity contribution in [2.75, 3.05) is 0 Å². The van der Waals surface area contributed by atoms with Crippen molar-refractivity contribution in [2.24, 2.45) is 4.99 Å². The van der Waals surface area contributed by atoms with Crippen LogP contribution in [0.15, 0.2) is 71.0 Å². The summed E-state index contributed by atoms with van der Waals surface area (Å²) < 4.78 is 0. The van der Waals surface area contributed by atoms with Gasteiger partial charge in [-0.1, -0.05) is 29.8 Å². The second-order valence-corrected chi connectivity index (χ2v) is 7.50. The average Bonchev–Trinajstić information content (AvgIpc) is 3.17. The first-order valence-electron chi connectivity index (χ1n) is 8.19. The lowest BCUT2D eigenvalue weighted by Gasteiger charge is -2.27. The Morgan fingerprint density at radius 2 is 1.84 bits per heavy atom. The first-order valence-corrected chi connectivity index (χ1v) is 9.45. The van der Waals surface area contributed by atoms with Gasteiger partial charge in [0.2, 0.25) is 6.17 Å². The molecule has 0 unspecified atom stereocenters. The standard InChI is InChI=1S/C20H17ClN2OS/c21-14-9-7-13(8-10-14)20-22-16(15-4-1-2-5-18(15)24)12-17(23-20)19-6-3-11-25-19/h1-11,16,20,22,24H,12H2/p+1/t16-,20-/m0/s1. The zero-order valence-electron chi connectivity index (χ0n) is 13.5. The first kappa shape index (κ1) is 16.3. The molecule has 5 heteroatoms. The minimum Gasteiger partial charge on any atom is -0.507 e. The van der Waals surface area contributed by atoms with Crippen LogP contribution in [0.3, 0.4) is 0 Å². The number of rotatable bonds is 3. The van der Waals surface area contributed by atoms with E-state index in [2.05, 4.69) is 16.8 Å². The number of phenols is 1. The summed E-state index contributed by atoms with van der Waals surface area (Å²) >= 11 is 7.73. The summed E-state index contributed by atoms with van der Waals surface area (Å²) in [7, 11) is 0. The molecule has 126 valence electrons. The molecule has 0 saturated carbocycles. The molecule has 3 nitrogen and oxygen atoms in total. The van der Waals surface area contributed by atoms with E-state index in [1.807, 2.05) is 48.5 Å². The lowest BCUT2D eigenvalue weighted by Crippen LogP contribution is -2.87. The van der Waals surface area contributed by atoms with Crippen LogP contribution in [0.1, 0.15) is 34.6 Å². The Morgan fingerprint density at radius 1 is 1.04 bits per heavy atom. The van der Waals surface area contributed by atoms with Gasteiger partial charge in [-0.2, -0.15) is 0 Å². The van der Waals surface area contributed by atoms with Gasteiger partial charge in [-0.3, -0.25) is 0 Å². The summed E-state index contributed by atoms with van der Waals surface area (Å²) in [5.41, 5.74) is 3.15. The van der Waals surface area contributed by atoms with E-state index < -0.39 is 0 Å². The van der Waals surface area contributed by atoms with Crippen molar-refractivity contribution < 1.29 is 10.4 Å². The number of aliphatic imine (C=N–C) groups is 1. The van der Waals surface area contributed by atoms with E-state index in [0.29, 0.717) is 5.75 Å². The summed E-state index contributed by atoms with van der Waals surface area (Å²) in [4.78, 5) is 6.16. The summed E-state index contributed by atoms with van der Waals surface area (Å²) in [6.45, 7) is 0. The Bertz CT molecular complexity index is 890. The van der Waals surface area contributed by atoms with Gasteiger partial charge in [0.15, 0.2) is 0 Å². The lowest BCUT2D eigenvalue weighted by atomic mass is 9.96. The Hall–Kier alpha value is -2.14. The highest BCUT2D eigenvalue weighted by molar-refractivity contribution is 7.12. The van der Waals surface area contributed by atoms with Crippen molar-refractivity contribution >= 4 is 28.6 Å². The van der Waals surface area contributed by atoms with Crippen LogP contribution in [0.25, 0.3) is 0 Å². The molecule has 0 fully saturated rings. The number of nitrogens with zero attached hydrogens (tertiary/aromatic N) is 1. The van der Waals surface area contributed by atoms with E-state index >= 15 is 0 Å². The molecule has 1 aliphatic heterocycles. The van der Waals surface area contributed by atoms with Crippen molar-refractivity contribution in [3.05, 3.63) is 87.1 Å². The van der Waals surface area contributed by atoms with Gasteiger partial charge >= 0.3 is 0 Å². The molecule has 0 amide bonds. The van der Waals surface area contributed by atoms with Crippen LogP contribution in [0.2, 0.25) is 5.02 Å². The molecule has 0 bridgehead atoms. The molecular weight excluding hydrogens is 352 g/mol. The molecule has 0 saturated heterocycles. The third-order valence-electron chi connectivity index (χ3n) is 4.48. The third kappa shape index (κ3) is 3.47. The smallest absolute Gasteiger partial charge is 0.206 e. The molecule has 1 aromatic heterocycles. The number of hydrogen-bond acceptors (Lipinski definition) is 3. The number of quaternary nitrogens is 1. The van der Waals surface area contributed by atoms with Crippen molar-refractivity contribution in [2.45, 2.75) is 18.6 Å². The highest BCUT2D eigenvalue weighted by atomic mass is 35.5. The predicted molar refractivity (Wildman–Crippen MR) is 102 cm³/mol. The van der Waals surface area contributed by atoms with Crippen molar-refractivity contribution in [3.8, 4) is 5.75 Å². The molecule has 0 aliphatic carbocycles. The summed E-state index contributed by atoms with van der Waals surface area (Å²) in [5.74, 6) is 0.339. The number of hydrogen-bond donors (Lipinski definition) is 2. The largest absolute Gasteiger partial charge is 0.507 e. The van der Waals surface area contributed by atoms with Gasteiger partial charge in [-0.25, -0.2) is 4.99 Å². The topological polar surface area (TPSA) is 49.2 Å². The Kier molecular flexibility index (Phi) is 4.57. The number of para-hydroxylation sites is 1. The fourth-order valence-corrected chi connectivity index (χ4v) is 4.09. The molecule has 1 aliphatic rings. The maximum absolute atomic E-state index is 10.3. The number of benzene rings is 2. The number of nitrogens with two attached hydrogens (primary N) is 1. The van der Waals surface area contributed by atoms with Crippen molar-refractivity contribution in [1.82, 2.24) is 0 Å². The van der Waals surface area contributed by atoms with E-state index in [1.54, 1.807) is 17.4 Å². The SMILES string of the molecule is Oc1ccccc1[C@@H]1CC(c2cccs2)=N[C@@H](c2ccc(Cl)cc2)[NH2+]1. The molecule has 2 heterocycles. The Labute approximate surface area is 155 Å². The zero-order valence-corrected chi connectivity index (χ0v) is 15.0. The molecule has 2 aromatic carbocycles. The fraction of sp³-hybridized carbons (Fsp3) is 0.150. The maximum atomic E-state index is 10.3. The van der Waals surface area contributed by atoms with Crippen LogP contribution in [0, 0.1) is 0 Å². The number of halogens is 1. The maximum Gasteiger partial charge on any atom is 0.206 e. The minimum atomic E-state index is -0.0484. The monoisotopic (exact) mass is 369 g/mol. The van der Waals surface area contributed by atoms with Gasteiger partial charge in [-0.15, -0.1) is 11.3 Å². The number of aromatic hydroxyl groups is 1. The second kappa shape index (κ2) is 7.00. The minimum absolute atomic E-state index is 0.0484. The first-order chi connectivity index (χ1) is 12.2. The van der Waals surface area contributed by atoms with Crippen LogP contribution in [-0.4, -0.2) is 10.8 Å². The molecular formula is C20H18ClN2OS+.